The van der Waals surface area contributed by atoms with E-state index in [1.165, 1.54) is 5.56 Å². The molecule has 4 heteroatoms. The molecule has 0 aliphatic rings. The monoisotopic (exact) mass is 388 g/mol. The minimum atomic E-state index is 0.464. The lowest BCUT2D eigenvalue weighted by atomic mass is 10.2. The van der Waals surface area contributed by atoms with Crippen molar-refractivity contribution in [1.82, 2.24) is 0 Å². The van der Waals surface area contributed by atoms with Crippen LogP contribution in [0.2, 0.25) is 5.02 Å². The van der Waals surface area contributed by atoms with E-state index in [-0.39, 0.29) is 0 Å². The number of benzene rings is 2. The van der Waals surface area contributed by atoms with Gasteiger partial charge in [-0.2, -0.15) is 0 Å². The summed E-state index contributed by atoms with van der Waals surface area (Å²) in [7, 11) is 0. The Labute approximate surface area is 128 Å². The van der Waals surface area contributed by atoms with Crippen LogP contribution in [0.3, 0.4) is 0 Å². The fraction of sp³-hybridized carbons (Fsp3) is 0.143. The van der Waals surface area contributed by atoms with Crippen LogP contribution in [0.4, 0.5) is 0 Å². The highest BCUT2D eigenvalue weighted by molar-refractivity contribution is 9.10. The maximum absolute atomic E-state index is 6.08. The van der Waals surface area contributed by atoms with Crippen molar-refractivity contribution in [2.24, 2.45) is 0 Å². The van der Waals surface area contributed by atoms with Crippen LogP contribution < -0.4 is 4.74 Å². The molecule has 0 bridgehead atoms. The van der Waals surface area contributed by atoms with Gasteiger partial charge in [0.25, 0.3) is 0 Å². The molecule has 2 aromatic carbocycles. The van der Waals surface area contributed by atoms with Crippen molar-refractivity contribution in [3.8, 4) is 5.75 Å². The number of hydrogen-bond donors (Lipinski definition) is 0. The molecule has 0 amide bonds. The second-order valence-corrected chi connectivity index (χ2v) is 5.60. The summed E-state index contributed by atoms with van der Waals surface area (Å²) in [5.74, 6) is 0.819. The fourth-order valence-corrected chi connectivity index (χ4v) is 2.60. The van der Waals surface area contributed by atoms with Gasteiger partial charge in [-0.1, -0.05) is 51.8 Å². The number of rotatable bonds is 4. The van der Waals surface area contributed by atoms with Crippen molar-refractivity contribution in [2.75, 3.05) is 0 Å². The van der Waals surface area contributed by atoms with Crippen LogP contribution in [-0.2, 0) is 11.9 Å². The average Bonchev–Trinajstić information content (AvgIpc) is 2.39. The van der Waals surface area contributed by atoms with Gasteiger partial charge in [-0.3, -0.25) is 0 Å². The van der Waals surface area contributed by atoms with Crippen LogP contribution in [0.5, 0.6) is 5.75 Å². The standard InChI is InChI=1S/C14H11Br2ClO/c15-8-10-5-6-14(12(16)7-10)18-9-11-3-1-2-4-13(11)17/h1-7H,8-9H2. The molecule has 18 heavy (non-hydrogen) atoms. The number of alkyl halides is 1. The molecular weight excluding hydrogens is 379 g/mol. The predicted octanol–water partition coefficient (Wildman–Crippen LogP) is 5.58. The molecule has 0 aliphatic carbocycles. The summed E-state index contributed by atoms with van der Waals surface area (Å²) in [6.07, 6.45) is 0. The second kappa shape index (κ2) is 6.60. The Morgan fingerprint density at radius 2 is 1.89 bits per heavy atom. The minimum absolute atomic E-state index is 0.464. The highest BCUT2D eigenvalue weighted by Gasteiger charge is 2.04. The highest BCUT2D eigenvalue weighted by Crippen LogP contribution is 2.28. The van der Waals surface area contributed by atoms with Gasteiger partial charge in [0, 0.05) is 15.9 Å². The number of ether oxygens (including phenoxy) is 1. The van der Waals surface area contributed by atoms with Crippen molar-refractivity contribution in [3.05, 3.63) is 63.1 Å². The van der Waals surface area contributed by atoms with Crippen LogP contribution in [0, 0.1) is 0 Å². The van der Waals surface area contributed by atoms with Crippen LogP contribution in [0.25, 0.3) is 0 Å². The molecule has 0 unspecified atom stereocenters. The first-order valence-electron chi connectivity index (χ1n) is 5.41. The summed E-state index contributed by atoms with van der Waals surface area (Å²) in [5, 5.41) is 1.56. The molecule has 0 aromatic heterocycles. The van der Waals surface area contributed by atoms with Gasteiger partial charge in [0.2, 0.25) is 0 Å². The molecule has 1 nitrogen and oxygen atoms in total. The first kappa shape index (κ1) is 13.9. The van der Waals surface area contributed by atoms with Crippen molar-refractivity contribution in [2.45, 2.75) is 11.9 Å². The smallest absolute Gasteiger partial charge is 0.134 e. The van der Waals surface area contributed by atoms with Crippen molar-refractivity contribution in [3.63, 3.8) is 0 Å². The zero-order chi connectivity index (χ0) is 13.0. The fourth-order valence-electron chi connectivity index (χ4n) is 1.52. The molecule has 2 aromatic rings. The molecule has 0 aliphatic heterocycles. The Hall–Kier alpha value is -0.510. The first-order valence-corrected chi connectivity index (χ1v) is 7.70. The van der Waals surface area contributed by atoms with E-state index in [0.717, 1.165) is 26.1 Å². The van der Waals surface area contributed by atoms with Crippen molar-refractivity contribution >= 4 is 43.5 Å². The quantitative estimate of drug-likeness (QED) is 0.620. The summed E-state index contributed by atoms with van der Waals surface area (Å²) in [5.41, 5.74) is 2.18. The topological polar surface area (TPSA) is 9.23 Å². The van der Waals surface area contributed by atoms with E-state index in [1.807, 2.05) is 42.5 Å². The highest BCUT2D eigenvalue weighted by atomic mass is 79.9. The number of hydrogen-bond acceptors (Lipinski definition) is 1. The third-order valence-electron chi connectivity index (χ3n) is 2.49. The maximum atomic E-state index is 6.08. The average molecular weight is 391 g/mol. The number of halogens is 3. The second-order valence-electron chi connectivity index (χ2n) is 3.78. The van der Waals surface area contributed by atoms with Gasteiger partial charge in [0.1, 0.15) is 12.4 Å². The Morgan fingerprint density at radius 3 is 2.56 bits per heavy atom. The van der Waals surface area contributed by atoms with E-state index in [9.17, 15) is 0 Å². The van der Waals surface area contributed by atoms with Crippen molar-refractivity contribution in [1.29, 1.82) is 0 Å². The Morgan fingerprint density at radius 1 is 1.11 bits per heavy atom. The van der Waals surface area contributed by atoms with Crippen LogP contribution >= 0.6 is 43.5 Å². The molecule has 0 heterocycles. The lowest BCUT2D eigenvalue weighted by Crippen LogP contribution is -1.97. The van der Waals surface area contributed by atoms with Crippen molar-refractivity contribution < 1.29 is 4.74 Å². The molecule has 2 rings (SSSR count). The van der Waals surface area contributed by atoms with E-state index in [0.29, 0.717) is 6.61 Å². The Bertz CT molecular complexity index is 543. The van der Waals surface area contributed by atoms with Gasteiger partial charge in [-0.25, -0.2) is 0 Å². The van der Waals surface area contributed by atoms with Crippen LogP contribution in [0.1, 0.15) is 11.1 Å². The lowest BCUT2D eigenvalue weighted by Gasteiger charge is -2.10. The Balaban J connectivity index is 2.09. The summed E-state index contributed by atoms with van der Waals surface area (Å²) in [6.45, 7) is 0.464. The van der Waals surface area contributed by atoms with Gasteiger partial charge >= 0.3 is 0 Å². The molecule has 94 valence electrons. The zero-order valence-corrected chi connectivity index (χ0v) is 13.4. The maximum Gasteiger partial charge on any atom is 0.134 e. The summed E-state index contributed by atoms with van der Waals surface area (Å²) >= 11 is 13.0. The third-order valence-corrected chi connectivity index (χ3v) is 4.13. The summed E-state index contributed by atoms with van der Waals surface area (Å²) in [4.78, 5) is 0. The molecular formula is C14H11Br2ClO. The summed E-state index contributed by atoms with van der Waals surface area (Å²) < 4.78 is 6.71. The SMILES string of the molecule is Clc1ccccc1COc1ccc(CBr)cc1Br. The normalized spacial score (nSPS) is 10.4. The predicted molar refractivity (Wildman–Crippen MR) is 82.6 cm³/mol. The zero-order valence-electron chi connectivity index (χ0n) is 9.50. The molecule has 0 N–H and O–H groups in total. The molecule has 0 saturated carbocycles. The molecule has 0 radical (unpaired) electrons. The van der Waals surface area contributed by atoms with Gasteiger partial charge in [-0.15, -0.1) is 0 Å². The van der Waals surface area contributed by atoms with E-state index in [1.54, 1.807) is 0 Å². The summed E-state index contributed by atoms with van der Waals surface area (Å²) in [6, 6.07) is 13.7. The van der Waals surface area contributed by atoms with Crippen LogP contribution in [-0.4, -0.2) is 0 Å². The van der Waals surface area contributed by atoms with E-state index in [2.05, 4.69) is 31.9 Å². The largest absolute Gasteiger partial charge is 0.488 e. The molecule has 0 atom stereocenters. The molecule has 0 fully saturated rings. The van der Waals surface area contributed by atoms with E-state index < -0.39 is 0 Å². The van der Waals surface area contributed by atoms with E-state index in [4.69, 9.17) is 16.3 Å². The van der Waals surface area contributed by atoms with Gasteiger partial charge in [0.15, 0.2) is 0 Å². The lowest BCUT2D eigenvalue weighted by molar-refractivity contribution is 0.304. The minimum Gasteiger partial charge on any atom is -0.488 e. The first-order chi connectivity index (χ1) is 8.70. The van der Waals surface area contributed by atoms with Gasteiger partial charge in [0.05, 0.1) is 4.47 Å². The van der Waals surface area contributed by atoms with E-state index >= 15 is 0 Å². The Kier molecular flexibility index (Phi) is 5.10. The molecule has 0 spiro atoms. The van der Waals surface area contributed by atoms with Crippen LogP contribution in [0.15, 0.2) is 46.9 Å². The molecule has 0 saturated heterocycles. The van der Waals surface area contributed by atoms with Gasteiger partial charge < -0.3 is 4.74 Å². The third kappa shape index (κ3) is 3.50. The van der Waals surface area contributed by atoms with Gasteiger partial charge in [-0.05, 0) is 39.7 Å².